The minimum atomic E-state index is -0.486. The van der Waals surface area contributed by atoms with Gasteiger partial charge in [0.1, 0.15) is 5.60 Å². The van der Waals surface area contributed by atoms with Crippen molar-refractivity contribution in [1.82, 2.24) is 0 Å². The van der Waals surface area contributed by atoms with Crippen molar-refractivity contribution in [1.29, 1.82) is 0 Å². The standard InChI is InChI=1S/C19H20O3/c1-19(2,3)22-17(20)13-14-9-11-16(12-10-14)18(21)15-7-5-4-6-8-15/h4-12H,13H2,1-3H3. The van der Waals surface area contributed by atoms with E-state index in [-0.39, 0.29) is 18.2 Å². The zero-order chi connectivity index (χ0) is 16.2. The highest BCUT2D eigenvalue weighted by Gasteiger charge is 2.16. The summed E-state index contributed by atoms with van der Waals surface area (Å²) < 4.78 is 5.28. The summed E-state index contributed by atoms with van der Waals surface area (Å²) in [6.45, 7) is 5.52. The SMILES string of the molecule is CC(C)(C)OC(=O)Cc1ccc(C(=O)c2ccccc2)cc1. The van der Waals surface area contributed by atoms with Crippen LogP contribution < -0.4 is 0 Å². The number of hydrogen-bond donors (Lipinski definition) is 0. The molecule has 3 heteroatoms. The van der Waals surface area contributed by atoms with Crippen LogP contribution in [0.3, 0.4) is 0 Å². The number of esters is 1. The number of carbonyl (C=O) groups excluding carboxylic acids is 2. The molecule has 0 spiro atoms. The summed E-state index contributed by atoms with van der Waals surface area (Å²) in [4.78, 5) is 24.1. The Kier molecular flexibility index (Phi) is 4.76. The normalized spacial score (nSPS) is 11.0. The summed E-state index contributed by atoms with van der Waals surface area (Å²) in [5.41, 5.74) is 1.61. The van der Waals surface area contributed by atoms with Gasteiger partial charge in [0.2, 0.25) is 0 Å². The number of benzene rings is 2. The lowest BCUT2D eigenvalue weighted by atomic mass is 10.0. The molecule has 0 unspecified atom stereocenters. The van der Waals surface area contributed by atoms with Crippen LogP contribution in [0.25, 0.3) is 0 Å². The highest BCUT2D eigenvalue weighted by atomic mass is 16.6. The Balaban J connectivity index is 2.05. The largest absolute Gasteiger partial charge is 0.460 e. The molecule has 0 fully saturated rings. The molecular weight excluding hydrogens is 276 g/mol. The minimum absolute atomic E-state index is 0.0237. The predicted molar refractivity (Wildman–Crippen MR) is 85.9 cm³/mol. The fraction of sp³-hybridized carbons (Fsp3) is 0.263. The fourth-order valence-corrected chi connectivity index (χ4v) is 2.07. The number of hydrogen-bond acceptors (Lipinski definition) is 3. The van der Waals surface area contributed by atoms with Crippen molar-refractivity contribution in [3.8, 4) is 0 Å². The number of carbonyl (C=O) groups is 2. The molecule has 2 aromatic carbocycles. The summed E-state index contributed by atoms with van der Waals surface area (Å²) in [5.74, 6) is -0.293. The molecule has 0 aliphatic rings. The Bertz CT molecular complexity index is 649. The van der Waals surface area contributed by atoms with E-state index in [9.17, 15) is 9.59 Å². The smallest absolute Gasteiger partial charge is 0.310 e. The average Bonchev–Trinajstić information content (AvgIpc) is 2.46. The Hall–Kier alpha value is -2.42. The monoisotopic (exact) mass is 296 g/mol. The lowest BCUT2D eigenvalue weighted by molar-refractivity contribution is -0.153. The van der Waals surface area contributed by atoms with E-state index < -0.39 is 5.60 Å². The van der Waals surface area contributed by atoms with Gasteiger partial charge < -0.3 is 4.74 Å². The molecule has 114 valence electrons. The molecule has 0 bridgehead atoms. The van der Waals surface area contributed by atoms with Gasteiger partial charge >= 0.3 is 5.97 Å². The maximum Gasteiger partial charge on any atom is 0.310 e. The van der Waals surface area contributed by atoms with E-state index in [1.807, 2.05) is 39.0 Å². The zero-order valence-corrected chi connectivity index (χ0v) is 13.1. The van der Waals surface area contributed by atoms with Crippen LogP contribution >= 0.6 is 0 Å². The van der Waals surface area contributed by atoms with Gasteiger partial charge in [0.15, 0.2) is 5.78 Å². The lowest BCUT2D eigenvalue weighted by Crippen LogP contribution is -2.24. The minimum Gasteiger partial charge on any atom is -0.460 e. The van der Waals surface area contributed by atoms with E-state index in [1.54, 1.807) is 36.4 Å². The van der Waals surface area contributed by atoms with Crippen LogP contribution in [0.15, 0.2) is 54.6 Å². The summed E-state index contributed by atoms with van der Waals surface area (Å²) >= 11 is 0. The third-order valence-electron chi connectivity index (χ3n) is 3.02. The van der Waals surface area contributed by atoms with E-state index in [2.05, 4.69) is 0 Å². The Morgan fingerprint density at radius 3 is 1.95 bits per heavy atom. The molecule has 2 rings (SSSR count). The van der Waals surface area contributed by atoms with Crippen LogP contribution in [0.2, 0.25) is 0 Å². The molecule has 0 N–H and O–H groups in total. The average molecular weight is 296 g/mol. The summed E-state index contributed by atoms with van der Waals surface area (Å²) in [6.07, 6.45) is 0.205. The van der Waals surface area contributed by atoms with Crippen LogP contribution in [0.1, 0.15) is 42.3 Å². The van der Waals surface area contributed by atoms with Gasteiger partial charge in [-0.1, -0.05) is 54.6 Å². The van der Waals surface area contributed by atoms with E-state index in [0.717, 1.165) is 5.56 Å². The van der Waals surface area contributed by atoms with Crippen LogP contribution in [-0.2, 0) is 16.0 Å². The second-order valence-corrected chi connectivity index (χ2v) is 6.16. The topological polar surface area (TPSA) is 43.4 Å². The highest BCUT2D eigenvalue weighted by molar-refractivity contribution is 6.08. The van der Waals surface area contributed by atoms with E-state index in [1.165, 1.54) is 0 Å². The first kappa shape index (κ1) is 16.0. The Labute approximate surface area is 130 Å². The van der Waals surface area contributed by atoms with E-state index >= 15 is 0 Å². The molecular formula is C19H20O3. The molecule has 0 atom stereocenters. The maximum absolute atomic E-state index is 12.3. The van der Waals surface area contributed by atoms with Crippen LogP contribution in [0.5, 0.6) is 0 Å². The third kappa shape index (κ3) is 4.55. The van der Waals surface area contributed by atoms with Crippen molar-refractivity contribution < 1.29 is 14.3 Å². The van der Waals surface area contributed by atoms with Crippen molar-refractivity contribution >= 4 is 11.8 Å². The van der Waals surface area contributed by atoms with E-state index in [4.69, 9.17) is 4.74 Å². The van der Waals surface area contributed by atoms with Crippen LogP contribution in [0.4, 0.5) is 0 Å². The van der Waals surface area contributed by atoms with Gasteiger partial charge in [-0.25, -0.2) is 0 Å². The van der Waals surface area contributed by atoms with Gasteiger partial charge in [-0.3, -0.25) is 9.59 Å². The first-order valence-corrected chi connectivity index (χ1v) is 7.26. The van der Waals surface area contributed by atoms with Gasteiger partial charge in [-0.15, -0.1) is 0 Å². The fourth-order valence-electron chi connectivity index (χ4n) is 2.07. The quantitative estimate of drug-likeness (QED) is 0.636. The summed E-state index contributed by atoms with van der Waals surface area (Å²) in [7, 11) is 0. The molecule has 0 saturated heterocycles. The molecule has 22 heavy (non-hydrogen) atoms. The Morgan fingerprint density at radius 2 is 1.41 bits per heavy atom. The first-order chi connectivity index (χ1) is 10.3. The first-order valence-electron chi connectivity index (χ1n) is 7.26. The predicted octanol–water partition coefficient (Wildman–Crippen LogP) is 3.80. The molecule has 0 aliphatic carbocycles. The second-order valence-electron chi connectivity index (χ2n) is 6.16. The van der Waals surface area contributed by atoms with Gasteiger partial charge in [0.05, 0.1) is 6.42 Å². The van der Waals surface area contributed by atoms with Crippen molar-refractivity contribution in [2.75, 3.05) is 0 Å². The number of ether oxygens (including phenoxy) is 1. The lowest BCUT2D eigenvalue weighted by Gasteiger charge is -2.19. The van der Waals surface area contributed by atoms with Crippen molar-refractivity contribution in [2.24, 2.45) is 0 Å². The van der Waals surface area contributed by atoms with Crippen molar-refractivity contribution in [3.63, 3.8) is 0 Å². The molecule has 0 aromatic heterocycles. The molecule has 0 aliphatic heterocycles. The van der Waals surface area contributed by atoms with Crippen LogP contribution in [-0.4, -0.2) is 17.4 Å². The zero-order valence-electron chi connectivity index (χ0n) is 13.1. The maximum atomic E-state index is 12.3. The van der Waals surface area contributed by atoms with Crippen LogP contribution in [0, 0.1) is 0 Å². The van der Waals surface area contributed by atoms with Crippen molar-refractivity contribution in [2.45, 2.75) is 32.8 Å². The molecule has 0 heterocycles. The van der Waals surface area contributed by atoms with Gasteiger partial charge in [-0.05, 0) is 26.3 Å². The number of ketones is 1. The summed E-state index contributed by atoms with van der Waals surface area (Å²) in [5, 5.41) is 0. The van der Waals surface area contributed by atoms with E-state index in [0.29, 0.717) is 11.1 Å². The highest BCUT2D eigenvalue weighted by Crippen LogP contribution is 2.13. The molecule has 0 saturated carbocycles. The second kappa shape index (κ2) is 6.56. The Morgan fingerprint density at radius 1 is 0.864 bits per heavy atom. The van der Waals surface area contributed by atoms with Gasteiger partial charge in [0.25, 0.3) is 0 Å². The molecule has 3 nitrogen and oxygen atoms in total. The van der Waals surface area contributed by atoms with Crippen molar-refractivity contribution in [3.05, 3.63) is 71.3 Å². The van der Waals surface area contributed by atoms with Gasteiger partial charge in [0, 0.05) is 11.1 Å². The molecule has 2 aromatic rings. The number of rotatable bonds is 4. The van der Waals surface area contributed by atoms with Gasteiger partial charge in [-0.2, -0.15) is 0 Å². The molecule has 0 radical (unpaired) electrons. The summed E-state index contributed by atoms with van der Waals surface area (Å²) in [6, 6.07) is 16.2. The molecule has 0 amide bonds. The third-order valence-corrected chi connectivity index (χ3v) is 3.02.